The van der Waals surface area contributed by atoms with Crippen molar-refractivity contribution in [3.63, 3.8) is 0 Å². The normalized spacial score (nSPS) is 10.3. The second kappa shape index (κ2) is 4.40. The molecule has 0 amide bonds. The van der Waals surface area contributed by atoms with Crippen LogP contribution in [0.2, 0.25) is 0 Å². The zero-order chi connectivity index (χ0) is 11.5. The summed E-state index contributed by atoms with van der Waals surface area (Å²) in [4.78, 5) is 11.8. The van der Waals surface area contributed by atoms with E-state index < -0.39 is 5.97 Å². The van der Waals surface area contributed by atoms with Crippen molar-refractivity contribution in [2.75, 3.05) is 6.26 Å². The fourth-order valence-corrected chi connectivity index (χ4v) is 1.68. The third-order valence-corrected chi connectivity index (χ3v) is 2.85. The molecule has 1 heterocycles. The van der Waals surface area contributed by atoms with Crippen LogP contribution in [-0.2, 0) is 0 Å². The van der Waals surface area contributed by atoms with E-state index in [1.54, 1.807) is 11.8 Å². The van der Waals surface area contributed by atoms with Crippen LogP contribution in [0.1, 0.15) is 10.6 Å². The molecule has 0 radical (unpaired) electrons. The third-order valence-electron chi connectivity index (χ3n) is 2.11. The van der Waals surface area contributed by atoms with Crippen LogP contribution in [0.25, 0.3) is 11.3 Å². The molecule has 16 heavy (non-hydrogen) atoms. The molecule has 1 aromatic carbocycles. The fraction of sp³-hybridized carbons (Fsp3) is 0.0909. The second-order valence-electron chi connectivity index (χ2n) is 3.11. The van der Waals surface area contributed by atoms with Gasteiger partial charge in [0.2, 0.25) is 5.76 Å². The van der Waals surface area contributed by atoms with Crippen molar-refractivity contribution in [2.45, 2.75) is 4.90 Å². The first-order valence-corrected chi connectivity index (χ1v) is 5.77. The number of rotatable bonds is 3. The van der Waals surface area contributed by atoms with Crippen molar-refractivity contribution < 1.29 is 14.4 Å². The van der Waals surface area contributed by atoms with Crippen LogP contribution in [0.4, 0.5) is 0 Å². The largest absolute Gasteiger partial charge is 0.475 e. The van der Waals surface area contributed by atoms with Crippen molar-refractivity contribution >= 4 is 17.7 Å². The Morgan fingerprint density at radius 3 is 2.56 bits per heavy atom. The van der Waals surface area contributed by atoms with Gasteiger partial charge in [0.1, 0.15) is 5.69 Å². The quantitative estimate of drug-likeness (QED) is 0.829. The molecule has 0 aliphatic heterocycles. The van der Waals surface area contributed by atoms with Crippen LogP contribution >= 0.6 is 11.8 Å². The predicted octanol–water partition coefficient (Wildman–Crippen LogP) is 2.76. The molecule has 0 saturated carbocycles. The molecule has 0 aliphatic rings. The SMILES string of the molecule is CSc1ccc(-c2cc(C(=O)O)on2)cc1. The van der Waals surface area contributed by atoms with Crippen LogP contribution in [0, 0.1) is 0 Å². The van der Waals surface area contributed by atoms with Crippen molar-refractivity contribution in [1.82, 2.24) is 5.16 Å². The molecule has 0 spiro atoms. The summed E-state index contributed by atoms with van der Waals surface area (Å²) in [5.41, 5.74) is 1.37. The number of nitrogens with zero attached hydrogens (tertiary/aromatic N) is 1. The molecule has 5 heteroatoms. The Morgan fingerprint density at radius 2 is 2.06 bits per heavy atom. The van der Waals surface area contributed by atoms with Crippen LogP contribution < -0.4 is 0 Å². The van der Waals surface area contributed by atoms with Crippen LogP contribution in [-0.4, -0.2) is 22.5 Å². The molecular formula is C11H9NO3S. The maximum atomic E-state index is 10.6. The summed E-state index contributed by atoms with van der Waals surface area (Å²) in [6.07, 6.45) is 1.99. The molecule has 0 aliphatic carbocycles. The fourth-order valence-electron chi connectivity index (χ4n) is 1.27. The van der Waals surface area contributed by atoms with Gasteiger partial charge in [-0.25, -0.2) is 4.79 Å². The van der Waals surface area contributed by atoms with E-state index >= 15 is 0 Å². The zero-order valence-electron chi connectivity index (χ0n) is 8.51. The summed E-state index contributed by atoms with van der Waals surface area (Å²) in [6, 6.07) is 9.09. The first-order chi connectivity index (χ1) is 7.70. The maximum absolute atomic E-state index is 10.6. The molecule has 0 saturated heterocycles. The van der Waals surface area contributed by atoms with E-state index in [2.05, 4.69) is 9.68 Å². The molecule has 2 aromatic rings. The number of hydrogen-bond acceptors (Lipinski definition) is 4. The summed E-state index contributed by atoms with van der Waals surface area (Å²) in [6.45, 7) is 0. The number of hydrogen-bond donors (Lipinski definition) is 1. The van der Waals surface area contributed by atoms with Crippen LogP contribution in [0.5, 0.6) is 0 Å². The number of carbonyl (C=O) groups is 1. The van der Waals surface area contributed by atoms with E-state index in [0.29, 0.717) is 5.69 Å². The van der Waals surface area contributed by atoms with Gasteiger partial charge in [-0.3, -0.25) is 0 Å². The highest BCUT2D eigenvalue weighted by molar-refractivity contribution is 7.98. The molecule has 0 bridgehead atoms. The first kappa shape index (κ1) is 10.8. The molecule has 0 atom stereocenters. The molecular weight excluding hydrogens is 226 g/mol. The Kier molecular flexibility index (Phi) is 2.96. The maximum Gasteiger partial charge on any atom is 0.374 e. The second-order valence-corrected chi connectivity index (χ2v) is 3.99. The van der Waals surface area contributed by atoms with E-state index in [9.17, 15) is 4.79 Å². The summed E-state index contributed by atoms with van der Waals surface area (Å²) >= 11 is 1.64. The van der Waals surface area contributed by atoms with Gasteiger partial charge in [-0.15, -0.1) is 11.8 Å². The van der Waals surface area contributed by atoms with Crippen LogP contribution in [0.3, 0.4) is 0 Å². The number of carboxylic acids is 1. The van der Waals surface area contributed by atoms with E-state index in [1.807, 2.05) is 30.5 Å². The zero-order valence-corrected chi connectivity index (χ0v) is 9.32. The van der Waals surface area contributed by atoms with Gasteiger partial charge in [0, 0.05) is 16.5 Å². The van der Waals surface area contributed by atoms with Gasteiger partial charge in [0.25, 0.3) is 0 Å². The lowest BCUT2D eigenvalue weighted by Crippen LogP contribution is -1.91. The summed E-state index contributed by atoms with van der Waals surface area (Å²) < 4.78 is 4.68. The third kappa shape index (κ3) is 2.09. The number of carboxylic acid groups (broad SMARTS) is 1. The minimum atomic E-state index is -1.11. The summed E-state index contributed by atoms with van der Waals surface area (Å²) in [5, 5.41) is 12.4. The highest BCUT2D eigenvalue weighted by Gasteiger charge is 2.11. The number of benzene rings is 1. The van der Waals surface area contributed by atoms with Gasteiger partial charge >= 0.3 is 5.97 Å². The van der Waals surface area contributed by atoms with E-state index in [4.69, 9.17) is 5.11 Å². The van der Waals surface area contributed by atoms with Crippen molar-refractivity contribution in [3.05, 3.63) is 36.1 Å². The van der Waals surface area contributed by atoms with E-state index in [0.717, 1.165) is 10.5 Å². The number of thioether (sulfide) groups is 1. The lowest BCUT2D eigenvalue weighted by molar-refractivity contribution is 0.0652. The smallest absolute Gasteiger partial charge is 0.374 e. The number of aromatic nitrogens is 1. The highest BCUT2D eigenvalue weighted by atomic mass is 32.2. The lowest BCUT2D eigenvalue weighted by Gasteiger charge is -1.97. The van der Waals surface area contributed by atoms with Crippen molar-refractivity contribution in [1.29, 1.82) is 0 Å². The molecule has 1 N–H and O–H groups in total. The average Bonchev–Trinajstić information content (AvgIpc) is 2.78. The van der Waals surface area contributed by atoms with E-state index in [-0.39, 0.29) is 5.76 Å². The predicted molar refractivity (Wildman–Crippen MR) is 60.7 cm³/mol. The van der Waals surface area contributed by atoms with Gasteiger partial charge in [-0.2, -0.15) is 0 Å². The van der Waals surface area contributed by atoms with Gasteiger partial charge in [-0.1, -0.05) is 17.3 Å². The lowest BCUT2D eigenvalue weighted by atomic mass is 10.1. The number of aromatic carboxylic acids is 1. The Hall–Kier alpha value is -1.75. The Labute approximate surface area is 96.3 Å². The molecule has 2 rings (SSSR count). The Bertz CT molecular complexity index is 504. The van der Waals surface area contributed by atoms with Gasteiger partial charge in [0.15, 0.2) is 0 Å². The first-order valence-electron chi connectivity index (χ1n) is 4.55. The highest BCUT2D eigenvalue weighted by Crippen LogP contribution is 2.22. The van der Waals surface area contributed by atoms with Crippen molar-refractivity contribution in [3.8, 4) is 11.3 Å². The van der Waals surface area contributed by atoms with Gasteiger partial charge in [0.05, 0.1) is 0 Å². The molecule has 4 nitrogen and oxygen atoms in total. The minimum absolute atomic E-state index is 0.149. The molecule has 1 aromatic heterocycles. The molecule has 0 fully saturated rings. The van der Waals surface area contributed by atoms with Gasteiger partial charge in [-0.05, 0) is 18.4 Å². The molecule has 0 unspecified atom stereocenters. The Balaban J connectivity index is 2.31. The summed E-state index contributed by atoms with van der Waals surface area (Å²) in [5.74, 6) is -1.26. The average molecular weight is 235 g/mol. The summed E-state index contributed by atoms with van der Waals surface area (Å²) in [7, 11) is 0. The van der Waals surface area contributed by atoms with Gasteiger partial charge < -0.3 is 9.63 Å². The minimum Gasteiger partial charge on any atom is -0.475 e. The standard InChI is InChI=1S/C11H9NO3S/c1-16-8-4-2-7(3-5-8)9-6-10(11(13)14)15-12-9/h2-6H,1H3,(H,13,14). The van der Waals surface area contributed by atoms with Crippen molar-refractivity contribution in [2.24, 2.45) is 0 Å². The monoisotopic (exact) mass is 235 g/mol. The van der Waals surface area contributed by atoms with Crippen LogP contribution in [0.15, 0.2) is 39.8 Å². The molecule has 82 valence electrons. The Morgan fingerprint density at radius 1 is 1.38 bits per heavy atom. The topological polar surface area (TPSA) is 63.3 Å². The van der Waals surface area contributed by atoms with E-state index in [1.165, 1.54) is 6.07 Å².